The van der Waals surface area contributed by atoms with E-state index < -0.39 is 5.97 Å². The van der Waals surface area contributed by atoms with E-state index in [4.69, 9.17) is 15.2 Å². The van der Waals surface area contributed by atoms with Crippen molar-refractivity contribution in [3.8, 4) is 17.2 Å². The lowest BCUT2D eigenvalue weighted by atomic mass is 9.84. The van der Waals surface area contributed by atoms with Gasteiger partial charge < -0.3 is 20.3 Å². The van der Waals surface area contributed by atoms with Crippen molar-refractivity contribution in [3.63, 3.8) is 0 Å². The van der Waals surface area contributed by atoms with Crippen LogP contribution in [0.25, 0.3) is 0 Å². The van der Waals surface area contributed by atoms with Gasteiger partial charge in [0, 0.05) is 12.5 Å². The molecular weight excluding hydrogens is 318 g/mol. The maximum absolute atomic E-state index is 12.2. The Kier molecular flexibility index (Phi) is 5.69. The van der Waals surface area contributed by atoms with Gasteiger partial charge in [0.05, 0.1) is 12.7 Å². The fraction of sp³-hybridized carbons (Fsp3) is 0.300. The number of esters is 1. The van der Waals surface area contributed by atoms with Crippen LogP contribution in [0.1, 0.15) is 36.7 Å². The van der Waals surface area contributed by atoms with Gasteiger partial charge in [-0.2, -0.15) is 0 Å². The molecule has 2 rings (SSSR count). The number of nitrogens with two attached hydrogens (primary N) is 1. The first-order valence-corrected chi connectivity index (χ1v) is 8.00. The van der Waals surface area contributed by atoms with Crippen molar-refractivity contribution >= 4 is 5.97 Å². The number of carbonyl (C=O) groups excluding carboxylic acids is 1. The Morgan fingerprint density at radius 2 is 1.80 bits per heavy atom. The zero-order valence-electron chi connectivity index (χ0n) is 14.9. The second-order valence-electron chi connectivity index (χ2n) is 6.90. The Labute approximate surface area is 148 Å². The molecule has 0 aliphatic rings. The molecule has 1 atom stereocenters. The summed E-state index contributed by atoms with van der Waals surface area (Å²) in [6.45, 7) is 6.12. The number of carbonyl (C=O) groups is 1. The van der Waals surface area contributed by atoms with E-state index in [0.717, 1.165) is 5.56 Å². The Hall–Kier alpha value is -2.53. The van der Waals surface area contributed by atoms with Crippen molar-refractivity contribution in [2.45, 2.75) is 26.8 Å². The molecule has 0 aliphatic heterocycles. The minimum atomic E-state index is -0.555. The molecule has 2 aromatic rings. The molecular formula is C20H24NO4. The van der Waals surface area contributed by atoms with Crippen LogP contribution in [0.4, 0.5) is 0 Å². The summed E-state index contributed by atoms with van der Waals surface area (Å²) in [5, 5.41) is 10.1. The van der Waals surface area contributed by atoms with E-state index in [-0.39, 0.29) is 23.0 Å². The maximum atomic E-state index is 12.2. The van der Waals surface area contributed by atoms with Gasteiger partial charge in [0.25, 0.3) is 0 Å². The molecule has 0 fully saturated rings. The molecule has 133 valence electrons. The van der Waals surface area contributed by atoms with Crippen LogP contribution in [-0.2, 0) is 0 Å². The highest BCUT2D eigenvalue weighted by atomic mass is 16.5. The van der Waals surface area contributed by atoms with Crippen LogP contribution in [-0.4, -0.2) is 24.2 Å². The lowest BCUT2D eigenvalue weighted by Crippen LogP contribution is -2.35. The third kappa shape index (κ3) is 4.97. The molecule has 3 N–H and O–H groups in total. The van der Waals surface area contributed by atoms with Crippen molar-refractivity contribution < 1.29 is 19.4 Å². The van der Waals surface area contributed by atoms with Crippen LogP contribution in [0.15, 0.2) is 42.5 Å². The van der Waals surface area contributed by atoms with E-state index in [2.05, 4.69) is 0 Å². The van der Waals surface area contributed by atoms with Crippen LogP contribution < -0.4 is 15.2 Å². The molecule has 0 saturated carbocycles. The topological polar surface area (TPSA) is 81.8 Å². The van der Waals surface area contributed by atoms with Gasteiger partial charge in [-0.1, -0.05) is 26.8 Å². The number of ether oxygens (including phenoxy) is 2. The van der Waals surface area contributed by atoms with Crippen LogP contribution in [0.3, 0.4) is 0 Å². The highest BCUT2D eigenvalue weighted by Gasteiger charge is 2.21. The first-order valence-electron chi connectivity index (χ1n) is 8.00. The number of rotatable bonds is 5. The third-order valence-corrected chi connectivity index (χ3v) is 3.88. The van der Waals surface area contributed by atoms with E-state index in [1.807, 2.05) is 27.2 Å². The van der Waals surface area contributed by atoms with Gasteiger partial charge in [0.1, 0.15) is 5.75 Å². The Morgan fingerprint density at radius 1 is 1.16 bits per heavy atom. The smallest absolute Gasteiger partial charge is 0.343 e. The summed E-state index contributed by atoms with van der Waals surface area (Å²) in [7, 11) is 1.55. The highest BCUT2D eigenvalue weighted by Crippen LogP contribution is 2.30. The molecule has 5 nitrogen and oxygen atoms in total. The number of phenolic OH excluding ortho intramolecular Hbond substituents is 1. The quantitative estimate of drug-likeness (QED) is 0.641. The second-order valence-corrected chi connectivity index (χ2v) is 6.90. The zero-order valence-corrected chi connectivity index (χ0v) is 14.9. The maximum Gasteiger partial charge on any atom is 0.343 e. The van der Waals surface area contributed by atoms with Crippen molar-refractivity contribution in [1.82, 2.24) is 0 Å². The zero-order chi connectivity index (χ0) is 18.6. The van der Waals surface area contributed by atoms with Crippen molar-refractivity contribution in [2.75, 3.05) is 7.11 Å². The van der Waals surface area contributed by atoms with Gasteiger partial charge in [-0.15, -0.1) is 0 Å². The largest absolute Gasteiger partial charge is 0.504 e. The molecule has 1 radical (unpaired) electrons. The molecule has 0 aromatic heterocycles. The average molecular weight is 342 g/mol. The Bertz CT molecular complexity index is 732. The van der Waals surface area contributed by atoms with E-state index in [9.17, 15) is 9.90 Å². The lowest BCUT2D eigenvalue weighted by Gasteiger charge is -2.26. The molecule has 0 saturated heterocycles. The molecule has 0 heterocycles. The Balaban J connectivity index is 2.08. The number of hydrogen-bond donors (Lipinski definition) is 2. The SMILES string of the molecule is COc1ccc(C(=O)Oc2ccc([CH]C(N)C(C)(C)C)cc2O)cc1. The monoisotopic (exact) mass is 342 g/mol. The number of methoxy groups -OCH3 is 1. The number of aromatic hydroxyl groups is 1. The second kappa shape index (κ2) is 7.57. The van der Waals surface area contributed by atoms with E-state index in [0.29, 0.717) is 11.3 Å². The molecule has 0 spiro atoms. The van der Waals surface area contributed by atoms with Crippen LogP contribution in [0.2, 0.25) is 0 Å². The highest BCUT2D eigenvalue weighted by molar-refractivity contribution is 5.91. The predicted molar refractivity (Wildman–Crippen MR) is 96.9 cm³/mol. The summed E-state index contributed by atoms with van der Waals surface area (Å²) in [6.07, 6.45) is 1.87. The molecule has 0 aliphatic carbocycles. The van der Waals surface area contributed by atoms with Gasteiger partial charge in [0.15, 0.2) is 11.5 Å². The van der Waals surface area contributed by atoms with Crippen molar-refractivity contribution in [3.05, 3.63) is 60.0 Å². The Morgan fingerprint density at radius 3 is 2.32 bits per heavy atom. The summed E-state index contributed by atoms with van der Waals surface area (Å²) in [5.74, 6) is 0.0783. The number of benzene rings is 2. The standard InChI is InChI=1S/C20H24NO4/c1-20(2,3)18(21)12-13-5-10-17(16(22)11-13)25-19(23)14-6-8-15(24-4)9-7-14/h5-12,18,22H,21H2,1-4H3. The molecule has 0 amide bonds. The van der Waals surface area contributed by atoms with Gasteiger partial charge in [-0.3, -0.25) is 0 Å². The lowest BCUT2D eigenvalue weighted by molar-refractivity contribution is 0.0729. The summed E-state index contributed by atoms with van der Waals surface area (Å²) >= 11 is 0. The summed E-state index contributed by atoms with van der Waals surface area (Å²) in [5.41, 5.74) is 7.16. The van der Waals surface area contributed by atoms with Crippen LogP contribution >= 0.6 is 0 Å². The predicted octanol–water partition coefficient (Wildman–Crippen LogP) is 3.55. The molecule has 25 heavy (non-hydrogen) atoms. The van der Waals surface area contributed by atoms with Gasteiger partial charge in [-0.05, 0) is 47.4 Å². The fourth-order valence-corrected chi connectivity index (χ4v) is 2.07. The minimum absolute atomic E-state index is 0.0882. The first kappa shape index (κ1) is 18.8. The fourth-order valence-electron chi connectivity index (χ4n) is 2.07. The van der Waals surface area contributed by atoms with E-state index in [1.165, 1.54) is 6.07 Å². The number of hydrogen-bond acceptors (Lipinski definition) is 5. The molecule has 5 heteroatoms. The summed E-state index contributed by atoms with van der Waals surface area (Å²) < 4.78 is 10.3. The van der Waals surface area contributed by atoms with Crippen molar-refractivity contribution in [2.24, 2.45) is 11.1 Å². The minimum Gasteiger partial charge on any atom is -0.504 e. The molecule has 2 aromatic carbocycles. The van der Waals surface area contributed by atoms with E-state index >= 15 is 0 Å². The van der Waals surface area contributed by atoms with Crippen molar-refractivity contribution in [1.29, 1.82) is 0 Å². The average Bonchev–Trinajstić information content (AvgIpc) is 2.56. The van der Waals surface area contributed by atoms with Crippen LogP contribution in [0, 0.1) is 11.8 Å². The normalized spacial score (nSPS) is 12.5. The third-order valence-electron chi connectivity index (χ3n) is 3.88. The van der Waals surface area contributed by atoms with E-state index in [1.54, 1.807) is 43.5 Å². The van der Waals surface area contributed by atoms with Gasteiger partial charge >= 0.3 is 5.97 Å². The van der Waals surface area contributed by atoms with Gasteiger partial charge in [0.2, 0.25) is 0 Å². The molecule has 0 bridgehead atoms. The summed E-state index contributed by atoms with van der Waals surface area (Å²) in [4.78, 5) is 12.2. The van der Waals surface area contributed by atoms with Crippen LogP contribution in [0.5, 0.6) is 17.2 Å². The molecule has 1 unspecified atom stereocenters. The van der Waals surface area contributed by atoms with Gasteiger partial charge in [-0.25, -0.2) is 4.79 Å². The summed E-state index contributed by atoms with van der Waals surface area (Å²) in [6, 6.07) is 11.2. The number of phenols is 1. The first-order chi connectivity index (χ1) is 11.7.